The molecule has 0 fully saturated rings. The van der Waals surface area contributed by atoms with E-state index in [1.807, 2.05) is 91.0 Å². The fourth-order valence-corrected chi connectivity index (χ4v) is 2.88. The fraction of sp³-hybridized carbons (Fsp3) is 0. The summed E-state index contributed by atoms with van der Waals surface area (Å²) in [5, 5.41) is 0. The van der Waals surface area contributed by atoms with Crippen LogP contribution in [0.3, 0.4) is 0 Å². The molecule has 3 heteroatoms. The van der Waals surface area contributed by atoms with Crippen LogP contribution in [0.2, 0.25) is 0 Å². The quantitative estimate of drug-likeness (QED) is 0.553. The van der Waals surface area contributed by atoms with Crippen LogP contribution in [0, 0.1) is 0 Å². The van der Waals surface area contributed by atoms with Crippen LogP contribution in [-0.2, 0) is 0 Å². The van der Waals surface area contributed by atoms with E-state index in [9.17, 15) is 4.79 Å². The van der Waals surface area contributed by atoms with Crippen molar-refractivity contribution in [2.24, 2.45) is 0 Å². The van der Waals surface area contributed by atoms with E-state index in [-0.39, 0.29) is 5.56 Å². The number of aromatic nitrogens is 2. The third-order valence-electron chi connectivity index (χ3n) is 4.09. The summed E-state index contributed by atoms with van der Waals surface area (Å²) in [6.07, 6.45) is 1.67. The molecule has 0 saturated carbocycles. The van der Waals surface area contributed by atoms with Crippen LogP contribution in [0.4, 0.5) is 0 Å². The highest BCUT2D eigenvalue weighted by atomic mass is 16.1. The molecule has 0 aliphatic heterocycles. The SMILES string of the molecule is O=c1c(-c2ccccc2)cnc(-c2ccccc2)n1-c1ccccc1. The van der Waals surface area contributed by atoms with Gasteiger partial charge in [0.1, 0.15) is 5.82 Å². The van der Waals surface area contributed by atoms with Gasteiger partial charge in [-0.1, -0.05) is 78.9 Å². The van der Waals surface area contributed by atoms with E-state index in [1.54, 1.807) is 10.8 Å². The van der Waals surface area contributed by atoms with Gasteiger partial charge in [-0.05, 0) is 17.7 Å². The minimum atomic E-state index is -0.0775. The molecule has 1 aromatic heterocycles. The molecule has 0 saturated heterocycles. The van der Waals surface area contributed by atoms with E-state index in [4.69, 9.17) is 0 Å². The van der Waals surface area contributed by atoms with Crippen LogP contribution < -0.4 is 5.56 Å². The monoisotopic (exact) mass is 324 g/mol. The highest BCUT2D eigenvalue weighted by molar-refractivity contribution is 5.65. The van der Waals surface area contributed by atoms with Crippen LogP contribution >= 0.6 is 0 Å². The Kier molecular flexibility index (Phi) is 3.97. The smallest absolute Gasteiger partial charge is 0.266 e. The molecule has 1 heterocycles. The van der Waals surface area contributed by atoms with E-state index >= 15 is 0 Å². The fourth-order valence-electron chi connectivity index (χ4n) is 2.88. The lowest BCUT2D eigenvalue weighted by molar-refractivity contribution is 0.953. The Hall–Kier alpha value is -3.46. The van der Waals surface area contributed by atoms with Crippen molar-refractivity contribution in [3.63, 3.8) is 0 Å². The van der Waals surface area contributed by atoms with E-state index in [0.29, 0.717) is 11.4 Å². The number of rotatable bonds is 3. The minimum absolute atomic E-state index is 0.0775. The van der Waals surface area contributed by atoms with Crippen molar-refractivity contribution in [3.8, 4) is 28.2 Å². The summed E-state index contributed by atoms with van der Waals surface area (Å²) in [5.74, 6) is 0.636. The van der Waals surface area contributed by atoms with Crippen molar-refractivity contribution >= 4 is 0 Å². The number of benzene rings is 3. The molecule has 0 unspecified atom stereocenters. The number of para-hydroxylation sites is 1. The van der Waals surface area contributed by atoms with E-state index < -0.39 is 0 Å². The Labute approximate surface area is 145 Å². The summed E-state index contributed by atoms with van der Waals surface area (Å²) in [7, 11) is 0. The lowest BCUT2D eigenvalue weighted by Gasteiger charge is -2.14. The first kappa shape index (κ1) is 15.1. The second-order valence-electron chi connectivity index (χ2n) is 5.70. The van der Waals surface area contributed by atoms with Crippen molar-refractivity contribution in [3.05, 3.63) is 108 Å². The lowest BCUT2D eigenvalue weighted by Crippen LogP contribution is -2.23. The summed E-state index contributed by atoms with van der Waals surface area (Å²) in [5.41, 5.74) is 3.08. The van der Waals surface area contributed by atoms with Crippen LogP contribution in [0.25, 0.3) is 28.2 Å². The van der Waals surface area contributed by atoms with Gasteiger partial charge in [-0.3, -0.25) is 9.36 Å². The van der Waals surface area contributed by atoms with Gasteiger partial charge in [0.2, 0.25) is 0 Å². The summed E-state index contributed by atoms with van der Waals surface area (Å²) < 4.78 is 1.68. The van der Waals surface area contributed by atoms with Crippen molar-refractivity contribution in [1.29, 1.82) is 0 Å². The van der Waals surface area contributed by atoms with Crippen LogP contribution in [0.5, 0.6) is 0 Å². The van der Waals surface area contributed by atoms with Gasteiger partial charge in [0.15, 0.2) is 0 Å². The van der Waals surface area contributed by atoms with Gasteiger partial charge < -0.3 is 0 Å². The Morgan fingerprint density at radius 2 is 1.16 bits per heavy atom. The first-order chi connectivity index (χ1) is 12.3. The van der Waals surface area contributed by atoms with Gasteiger partial charge in [-0.15, -0.1) is 0 Å². The van der Waals surface area contributed by atoms with Gasteiger partial charge in [0.25, 0.3) is 5.56 Å². The number of hydrogen-bond acceptors (Lipinski definition) is 2. The van der Waals surface area contributed by atoms with Crippen molar-refractivity contribution in [2.45, 2.75) is 0 Å². The molecule has 3 aromatic carbocycles. The van der Waals surface area contributed by atoms with Crippen molar-refractivity contribution in [2.75, 3.05) is 0 Å². The number of hydrogen-bond donors (Lipinski definition) is 0. The molecule has 0 N–H and O–H groups in total. The Bertz CT molecular complexity index is 1040. The van der Waals surface area contributed by atoms with Crippen LogP contribution in [-0.4, -0.2) is 9.55 Å². The van der Waals surface area contributed by atoms with Gasteiger partial charge in [0.05, 0.1) is 11.3 Å². The van der Waals surface area contributed by atoms with Crippen LogP contribution in [0.1, 0.15) is 0 Å². The predicted molar refractivity (Wildman–Crippen MR) is 101 cm³/mol. The molecule has 0 aliphatic rings. The first-order valence-corrected chi connectivity index (χ1v) is 8.13. The average molecular weight is 324 g/mol. The maximum atomic E-state index is 13.3. The lowest BCUT2D eigenvalue weighted by atomic mass is 10.1. The molecule has 0 bridgehead atoms. The second-order valence-corrected chi connectivity index (χ2v) is 5.70. The summed E-state index contributed by atoms with van der Waals surface area (Å²) in [6.45, 7) is 0. The summed E-state index contributed by atoms with van der Waals surface area (Å²) >= 11 is 0. The molecule has 4 rings (SSSR count). The summed E-state index contributed by atoms with van der Waals surface area (Å²) in [4.78, 5) is 17.9. The standard InChI is InChI=1S/C22H16N2O/c25-22-20(17-10-4-1-5-11-17)16-23-21(18-12-6-2-7-13-18)24(22)19-14-8-3-9-15-19/h1-16H. The first-order valence-electron chi connectivity index (χ1n) is 8.13. The maximum Gasteiger partial charge on any atom is 0.266 e. The van der Waals surface area contributed by atoms with Gasteiger partial charge in [-0.25, -0.2) is 4.98 Å². The zero-order valence-corrected chi connectivity index (χ0v) is 13.5. The van der Waals surface area contributed by atoms with E-state index in [0.717, 1.165) is 16.8 Å². The van der Waals surface area contributed by atoms with Crippen LogP contribution in [0.15, 0.2) is 102 Å². The second kappa shape index (κ2) is 6.57. The molecule has 0 amide bonds. The third-order valence-corrected chi connectivity index (χ3v) is 4.09. The maximum absolute atomic E-state index is 13.3. The van der Waals surface area contributed by atoms with Gasteiger partial charge in [-0.2, -0.15) is 0 Å². The molecule has 3 nitrogen and oxygen atoms in total. The Morgan fingerprint density at radius 3 is 1.76 bits per heavy atom. The molecule has 0 radical (unpaired) electrons. The molecular weight excluding hydrogens is 308 g/mol. The van der Waals surface area contributed by atoms with Crippen molar-refractivity contribution in [1.82, 2.24) is 9.55 Å². The number of nitrogens with zero attached hydrogens (tertiary/aromatic N) is 2. The van der Waals surface area contributed by atoms with Gasteiger partial charge >= 0.3 is 0 Å². The topological polar surface area (TPSA) is 34.9 Å². The van der Waals surface area contributed by atoms with E-state index in [1.165, 1.54) is 0 Å². The normalized spacial score (nSPS) is 10.6. The summed E-state index contributed by atoms with van der Waals surface area (Å²) in [6, 6.07) is 29.0. The molecule has 25 heavy (non-hydrogen) atoms. The van der Waals surface area contributed by atoms with Gasteiger partial charge in [0, 0.05) is 11.8 Å². The minimum Gasteiger partial charge on any atom is -0.268 e. The van der Waals surface area contributed by atoms with E-state index in [2.05, 4.69) is 4.98 Å². The highest BCUT2D eigenvalue weighted by Gasteiger charge is 2.14. The molecule has 0 atom stereocenters. The van der Waals surface area contributed by atoms with Crippen molar-refractivity contribution < 1.29 is 0 Å². The average Bonchev–Trinajstić information content (AvgIpc) is 2.70. The zero-order chi connectivity index (χ0) is 17.1. The molecule has 4 aromatic rings. The molecule has 0 spiro atoms. The molecule has 0 aliphatic carbocycles. The highest BCUT2D eigenvalue weighted by Crippen LogP contribution is 2.22. The Balaban J connectivity index is 2.01. The Morgan fingerprint density at radius 1 is 0.640 bits per heavy atom. The predicted octanol–water partition coefficient (Wildman–Crippen LogP) is 4.57. The largest absolute Gasteiger partial charge is 0.268 e. The molecule has 120 valence electrons. The zero-order valence-electron chi connectivity index (χ0n) is 13.5. The third kappa shape index (κ3) is 2.88. The molecular formula is C22H16N2O.